The molecule has 25 heavy (non-hydrogen) atoms. The summed E-state index contributed by atoms with van der Waals surface area (Å²) in [6.45, 7) is 6.12. The van der Waals surface area contributed by atoms with Crippen molar-refractivity contribution in [2.45, 2.75) is 52.2 Å². The fourth-order valence-corrected chi connectivity index (χ4v) is 3.39. The predicted octanol–water partition coefficient (Wildman–Crippen LogP) is 2.90. The Hall–Kier alpha value is -2.24. The average Bonchev–Trinajstić information content (AvgIpc) is 3.06. The van der Waals surface area contributed by atoms with Crippen molar-refractivity contribution in [1.29, 1.82) is 0 Å². The van der Waals surface area contributed by atoms with Gasteiger partial charge in [0, 0.05) is 6.04 Å². The Morgan fingerprint density at radius 3 is 2.76 bits per heavy atom. The van der Waals surface area contributed by atoms with Gasteiger partial charge < -0.3 is 19.5 Å². The van der Waals surface area contributed by atoms with E-state index in [1.165, 1.54) is 6.42 Å². The van der Waals surface area contributed by atoms with Gasteiger partial charge in [-0.25, -0.2) is 4.79 Å². The minimum atomic E-state index is -0.845. The molecule has 0 radical (unpaired) electrons. The number of fused-ring (bicyclic) bond motifs is 1. The molecule has 1 saturated carbocycles. The molecule has 3 rings (SSSR count). The standard InChI is InChI=1S/C19H25NO5/c1-11-5-4-6-15(12(11)2)20-18(21)13(3)25-19(22)14-7-8-16-17(9-14)24-10-23-16/h7-9,11-13,15H,4-6,10H2,1-3H3,(H,20,21)/t11-,12-,13-,15+/m1/s1. The molecular weight excluding hydrogens is 322 g/mol. The third kappa shape index (κ3) is 3.89. The van der Waals surface area contributed by atoms with Gasteiger partial charge in [0.25, 0.3) is 5.91 Å². The molecular formula is C19H25NO5. The Bertz CT molecular complexity index is 659. The van der Waals surface area contributed by atoms with E-state index in [4.69, 9.17) is 14.2 Å². The molecule has 1 heterocycles. The molecule has 1 aliphatic carbocycles. The number of benzene rings is 1. The zero-order chi connectivity index (χ0) is 18.0. The first-order chi connectivity index (χ1) is 12.0. The third-order valence-electron chi connectivity index (χ3n) is 5.30. The highest BCUT2D eigenvalue weighted by atomic mass is 16.7. The van der Waals surface area contributed by atoms with E-state index in [1.807, 2.05) is 0 Å². The molecule has 1 aromatic carbocycles. The number of esters is 1. The fourth-order valence-electron chi connectivity index (χ4n) is 3.39. The van der Waals surface area contributed by atoms with Crippen LogP contribution in [0.4, 0.5) is 0 Å². The van der Waals surface area contributed by atoms with Crippen LogP contribution in [0.5, 0.6) is 11.5 Å². The molecule has 0 saturated heterocycles. The van der Waals surface area contributed by atoms with E-state index < -0.39 is 12.1 Å². The van der Waals surface area contributed by atoms with Crippen molar-refractivity contribution in [3.63, 3.8) is 0 Å². The SMILES string of the molecule is C[C@@H]1[C@H](C)CCC[C@@H]1NC(=O)[C@@H](C)OC(=O)c1ccc2c(c1)OCO2. The molecule has 1 aliphatic heterocycles. The Morgan fingerprint density at radius 2 is 1.96 bits per heavy atom. The smallest absolute Gasteiger partial charge is 0.339 e. The molecule has 1 N–H and O–H groups in total. The number of hydrogen-bond donors (Lipinski definition) is 1. The monoisotopic (exact) mass is 347 g/mol. The maximum atomic E-state index is 12.4. The van der Waals surface area contributed by atoms with Crippen molar-refractivity contribution >= 4 is 11.9 Å². The largest absolute Gasteiger partial charge is 0.454 e. The summed E-state index contributed by atoms with van der Waals surface area (Å²) in [5, 5.41) is 3.04. The number of nitrogens with one attached hydrogen (secondary N) is 1. The van der Waals surface area contributed by atoms with Crippen LogP contribution in [-0.4, -0.2) is 30.8 Å². The van der Waals surface area contributed by atoms with E-state index in [1.54, 1.807) is 25.1 Å². The van der Waals surface area contributed by atoms with Crippen LogP contribution < -0.4 is 14.8 Å². The van der Waals surface area contributed by atoms with Crippen molar-refractivity contribution in [3.8, 4) is 11.5 Å². The van der Waals surface area contributed by atoms with Crippen molar-refractivity contribution in [1.82, 2.24) is 5.32 Å². The lowest BCUT2D eigenvalue weighted by atomic mass is 9.78. The summed E-state index contributed by atoms with van der Waals surface area (Å²) < 4.78 is 15.8. The maximum Gasteiger partial charge on any atom is 0.339 e. The molecule has 6 nitrogen and oxygen atoms in total. The molecule has 6 heteroatoms. The number of carbonyl (C=O) groups is 2. The van der Waals surface area contributed by atoms with Crippen LogP contribution in [0.1, 0.15) is 50.4 Å². The van der Waals surface area contributed by atoms with Crippen LogP contribution in [0.25, 0.3) is 0 Å². The van der Waals surface area contributed by atoms with E-state index >= 15 is 0 Å². The van der Waals surface area contributed by atoms with E-state index in [-0.39, 0.29) is 18.7 Å². The molecule has 1 fully saturated rings. The summed E-state index contributed by atoms with van der Waals surface area (Å²) in [5.41, 5.74) is 0.337. The van der Waals surface area contributed by atoms with Gasteiger partial charge in [-0.2, -0.15) is 0 Å². The second kappa shape index (κ2) is 7.33. The van der Waals surface area contributed by atoms with Crippen molar-refractivity contribution in [3.05, 3.63) is 23.8 Å². The normalized spacial score (nSPS) is 26.0. The summed E-state index contributed by atoms with van der Waals surface area (Å²) in [4.78, 5) is 24.7. The Labute approximate surface area is 147 Å². The van der Waals surface area contributed by atoms with Gasteiger partial charge in [0.1, 0.15) is 0 Å². The van der Waals surface area contributed by atoms with Gasteiger partial charge in [0.15, 0.2) is 17.6 Å². The molecule has 0 bridgehead atoms. The van der Waals surface area contributed by atoms with Crippen molar-refractivity contribution in [2.24, 2.45) is 11.8 Å². The van der Waals surface area contributed by atoms with Gasteiger partial charge in [-0.3, -0.25) is 4.79 Å². The second-order valence-corrected chi connectivity index (χ2v) is 7.00. The summed E-state index contributed by atoms with van der Waals surface area (Å²) in [5.74, 6) is 1.32. The third-order valence-corrected chi connectivity index (χ3v) is 5.30. The maximum absolute atomic E-state index is 12.4. The minimum absolute atomic E-state index is 0.142. The molecule has 1 amide bonds. The van der Waals surface area contributed by atoms with Crippen LogP contribution >= 0.6 is 0 Å². The van der Waals surface area contributed by atoms with Gasteiger partial charge in [0.2, 0.25) is 6.79 Å². The molecule has 1 aromatic rings. The van der Waals surface area contributed by atoms with Gasteiger partial charge >= 0.3 is 5.97 Å². The van der Waals surface area contributed by atoms with Gasteiger partial charge in [-0.1, -0.05) is 26.7 Å². The quantitative estimate of drug-likeness (QED) is 0.848. The van der Waals surface area contributed by atoms with E-state index in [2.05, 4.69) is 19.2 Å². The van der Waals surface area contributed by atoms with E-state index in [0.29, 0.717) is 28.9 Å². The molecule has 2 aliphatic rings. The average molecular weight is 347 g/mol. The Kier molecular flexibility index (Phi) is 5.16. The highest BCUT2D eigenvalue weighted by molar-refractivity contribution is 5.93. The minimum Gasteiger partial charge on any atom is -0.454 e. The lowest BCUT2D eigenvalue weighted by Crippen LogP contribution is -2.47. The van der Waals surface area contributed by atoms with E-state index in [9.17, 15) is 9.59 Å². The number of hydrogen-bond acceptors (Lipinski definition) is 5. The van der Waals surface area contributed by atoms with Gasteiger partial charge in [-0.15, -0.1) is 0 Å². The number of amides is 1. The number of ether oxygens (including phenoxy) is 3. The predicted molar refractivity (Wildman–Crippen MR) is 91.6 cm³/mol. The van der Waals surface area contributed by atoms with Crippen molar-refractivity contribution < 1.29 is 23.8 Å². The van der Waals surface area contributed by atoms with Crippen LogP contribution in [0.3, 0.4) is 0 Å². The van der Waals surface area contributed by atoms with Crippen LogP contribution in [0.2, 0.25) is 0 Å². The first-order valence-corrected chi connectivity index (χ1v) is 8.86. The highest BCUT2D eigenvalue weighted by Crippen LogP contribution is 2.33. The first kappa shape index (κ1) is 17.6. The zero-order valence-electron chi connectivity index (χ0n) is 14.9. The molecule has 136 valence electrons. The molecule has 4 atom stereocenters. The molecule has 0 aromatic heterocycles. The second-order valence-electron chi connectivity index (χ2n) is 7.00. The van der Waals surface area contributed by atoms with E-state index in [0.717, 1.165) is 12.8 Å². The highest BCUT2D eigenvalue weighted by Gasteiger charge is 2.30. The Morgan fingerprint density at radius 1 is 1.20 bits per heavy atom. The van der Waals surface area contributed by atoms with Crippen LogP contribution in [0, 0.1) is 11.8 Å². The number of rotatable bonds is 4. The van der Waals surface area contributed by atoms with Crippen LogP contribution in [-0.2, 0) is 9.53 Å². The lowest BCUT2D eigenvalue weighted by molar-refractivity contribution is -0.130. The summed E-state index contributed by atoms with van der Waals surface area (Å²) >= 11 is 0. The zero-order valence-corrected chi connectivity index (χ0v) is 14.9. The summed E-state index contributed by atoms with van der Waals surface area (Å²) in [6.07, 6.45) is 2.44. The number of carbonyl (C=O) groups excluding carboxylic acids is 2. The molecule has 0 unspecified atom stereocenters. The Balaban J connectivity index is 1.56. The first-order valence-electron chi connectivity index (χ1n) is 8.86. The molecule has 0 spiro atoms. The topological polar surface area (TPSA) is 73.9 Å². The van der Waals surface area contributed by atoms with Crippen molar-refractivity contribution in [2.75, 3.05) is 6.79 Å². The van der Waals surface area contributed by atoms with Gasteiger partial charge in [0.05, 0.1) is 5.56 Å². The fraction of sp³-hybridized carbons (Fsp3) is 0.579. The van der Waals surface area contributed by atoms with Gasteiger partial charge in [-0.05, 0) is 43.4 Å². The summed E-state index contributed by atoms with van der Waals surface area (Å²) in [6, 6.07) is 4.98. The summed E-state index contributed by atoms with van der Waals surface area (Å²) in [7, 11) is 0. The lowest BCUT2D eigenvalue weighted by Gasteiger charge is -2.35. The van der Waals surface area contributed by atoms with Crippen LogP contribution in [0.15, 0.2) is 18.2 Å².